The van der Waals surface area contributed by atoms with Gasteiger partial charge in [-0.25, -0.2) is 5.11 Å². The van der Waals surface area contributed by atoms with Crippen LogP contribution in [0.1, 0.15) is 19.8 Å². The number of esters is 1. The van der Waals surface area contributed by atoms with Gasteiger partial charge in [-0.3, -0.25) is 4.79 Å². The molecule has 0 aliphatic rings. The summed E-state index contributed by atoms with van der Waals surface area (Å²) in [5.74, 6) is -0.270. The highest BCUT2D eigenvalue weighted by molar-refractivity contribution is 5.69. The van der Waals surface area contributed by atoms with Gasteiger partial charge in [0.15, 0.2) is 0 Å². The van der Waals surface area contributed by atoms with Crippen LogP contribution in [0.25, 0.3) is 0 Å². The van der Waals surface area contributed by atoms with Gasteiger partial charge in [0.1, 0.15) is 13.2 Å². The van der Waals surface area contributed by atoms with E-state index in [2.05, 4.69) is 4.74 Å². The van der Waals surface area contributed by atoms with E-state index in [1.807, 2.05) is 6.92 Å². The van der Waals surface area contributed by atoms with E-state index in [0.717, 1.165) is 6.42 Å². The van der Waals surface area contributed by atoms with Gasteiger partial charge in [-0.2, -0.15) is 0 Å². The Bertz CT molecular complexity index is 80.4. The Morgan fingerprint density at radius 2 is 2.22 bits per heavy atom. The average Bonchev–Trinajstić information content (AvgIpc) is 1.85. The molecule has 0 saturated heterocycles. The van der Waals surface area contributed by atoms with Crippen LogP contribution in [0.15, 0.2) is 0 Å². The first kappa shape index (κ1) is 8.43. The predicted molar refractivity (Wildman–Crippen MR) is 31.4 cm³/mol. The molecule has 0 spiro atoms. The molecule has 0 aromatic carbocycles. The molecule has 0 aliphatic heterocycles. The molecule has 3 nitrogen and oxygen atoms in total. The molecule has 3 heteroatoms. The fourth-order valence-electron chi connectivity index (χ4n) is 0.432. The molecule has 0 aromatic heterocycles. The quantitative estimate of drug-likeness (QED) is 0.529. The third-order valence-electron chi connectivity index (χ3n) is 0.801. The first-order chi connectivity index (χ1) is 4.31. The highest BCUT2D eigenvalue weighted by atomic mass is 16.5. The Morgan fingerprint density at radius 3 is 2.67 bits per heavy atom. The minimum absolute atomic E-state index is 0.0127. The summed E-state index contributed by atoms with van der Waals surface area (Å²) in [6.07, 6.45) is 1.19. The zero-order valence-corrected chi connectivity index (χ0v) is 5.55. The summed E-state index contributed by atoms with van der Waals surface area (Å²) in [5, 5.41) is 9.76. The summed E-state index contributed by atoms with van der Waals surface area (Å²) >= 11 is 0. The van der Waals surface area contributed by atoms with Crippen molar-refractivity contribution in [3.05, 3.63) is 0 Å². The molecule has 0 atom stereocenters. The van der Waals surface area contributed by atoms with Crippen molar-refractivity contribution in [1.29, 1.82) is 0 Å². The first-order valence-corrected chi connectivity index (χ1v) is 3.05. The normalized spacial score (nSPS) is 9.11. The van der Waals surface area contributed by atoms with Crippen molar-refractivity contribution in [1.82, 2.24) is 0 Å². The lowest BCUT2D eigenvalue weighted by Crippen LogP contribution is -2.06. The van der Waals surface area contributed by atoms with Crippen molar-refractivity contribution in [3.63, 3.8) is 0 Å². The zero-order chi connectivity index (χ0) is 7.11. The molecule has 0 amide bonds. The monoisotopic (exact) mass is 131 g/mol. The summed E-state index contributed by atoms with van der Waals surface area (Å²) < 4.78 is 4.48. The van der Waals surface area contributed by atoms with E-state index in [-0.39, 0.29) is 19.2 Å². The maximum atomic E-state index is 10.4. The Balaban J connectivity index is 3.06. The van der Waals surface area contributed by atoms with Gasteiger partial charge < -0.3 is 4.74 Å². The van der Waals surface area contributed by atoms with Crippen molar-refractivity contribution >= 4 is 5.97 Å². The molecular weight excluding hydrogens is 120 g/mol. The molecule has 0 bridgehead atoms. The van der Waals surface area contributed by atoms with E-state index < -0.39 is 0 Å². The summed E-state index contributed by atoms with van der Waals surface area (Å²) in [4.78, 5) is 10.4. The van der Waals surface area contributed by atoms with Gasteiger partial charge >= 0.3 is 5.97 Å². The van der Waals surface area contributed by atoms with Gasteiger partial charge in [0.2, 0.25) is 0 Å². The number of ether oxygens (including phenoxy) is 1. The Labute approximate surface area is 54.6 Å². The molecule has 0 aliphatic carbocycles. The van der Waals surface area contributed by atoms with E-state index in [0.29, 0.717) is 6.42 Å². The van der Waals surface area contributed by atoms with E-state index in [1.54, 1.807) is 0 Å². The van der Waals surface area contributed by atoms with Crippen LogP contribution in [0.3, 0.4) is 0 Å². The van der Waals surface area contributed by atoms with Gasteiger partial charge in [0, 0.05) is 6.42 Å². The zero-order valence-electron chi connectivity index (χ0n) is 5.55. The van der Waals surface area contributed by atoms with Crippen LogP contribution in [-0.4, -0.2) is 19.2 Å². The van der Waals surface area contributed by atoms with Gasteiger partial charge in [-0.1, -0.05) is 6.92 Å². The second kappa shape index (κ2) is 5.56. The smallest absolute Gasteiger partial charge is 0.305 e. The van der Waals surface area contributed by atoms with Crippen molar-refractivity contribution in [2.45, 2.75) is 19.8 Å². The molecule has 0 N–H and O–H groups in total. The molecule has 1 radical (unpaired) electrons. The summed E-state index contributed by atoms with van der Waals surface area (Å²) in [5.41, 5.74) is 0. The topological polar surface area (TPSA) is 46.2 Å². The van der Waals surface area contributed by atoms with Crippen LogP contribution in [0, 0.1) is 0 Å². The van der Waals surface area contributed by atoms with Crippen molar-refractivity contribution < 1.29 is 14.6 Å². The second-order valence-electron chi connectivity index (χ2n) is 1.67. The van der Waals surface area contributed by atoms with E-state index >= 15 is 0 Å². The minimum atomic E-state index is -0.338. The summed E-state index contributed by atoms with van der Waals surface area (Å²) in [6.45, 7) is 1.56. The largest absolute Gasteiger partial charge is 0.463 e. The third kappa shape index (κ3) is 5.30. The van der Waals surface area contributed by atoms with Gasteiger partial charge in [0.25, 0.3) is 0 Å². The van der Waals surface area contributed by atoms with Crippen LogP contribution in [-0.2, 0) is 14.6 Å². The van der Waals surface area contributed by atoms with Crippen LogP contribution < -0.4 is 0 Å². The number of hydrogen-bond acceptors (Lipinski definition) is 2. The fraction of sp³-hybridized carbons (Fsp3) is 0.833. The molecular formula is C6H11O3. The number of rotatable bonds is 4. The highest BCUT2D eigenvalue weighted by Gasteiger charge is 1.97. The lowest BCUT2D eigenvalue weighted by Gasteiger charge is -1.97. The Morgan fingerprint density at radius 1 is 1.56 bits per heavy atom. The predicted octanol–water partition coefficient (Wildman–Crippen LogP) is 0.760. The van der Waals surface area contributed by atoms with Gasteiger partial charge in [-0.05, 0) is 6.42 Å². The van der Waals surface area contributed by atoms with Crippen molar-refractivity contribution in [3.8, 4) is 0 Å². The van der Waals surface area contributed by atoms with Crippen LogP contribution in [0.4, 0.5) is 0 Å². The molecule has 53 valence electrons. The maximum Gasteiger partial charge on any atom is 0.305 e. The molecule has 0 aromatic rings. The van der Waals surface area contributed by atoms with Crippen molar-refractivity contribution in [2.75, 3.05) is 13.2 Å². The lowest BCUT2D eigenvalue weighted by molar-refractivity contribution is -0.145. The number of carbonyl (C=O) groups is 1. The standard InChI is InChI=1S/C6H11O3/c1-2-3-6(8)9-5-4-7/h2-5H2,1H3. The summed E-state index contributed by atoms with van der Waals surface area (Å²) in [7, 11) is 0. The molecule has 0 rings (SSSR count). The lowest BCUT2D eigenvalue weighted by atomic mass is 10.3. The molecule has 0 unspecified atom stereocenters. The third-order valence-corrected chi connectivity index (χ3v) is 0.801. The highest BCUT2D eigenvalue weighted by Crippen LogP contribution is 1.89. The van der Waals surface area contributed by atoms with Crippen molar-refractivity contribution in [2.24, 2.45) is 0 Å². The second-order valence-corrected chi connectivity index (χ2v) is 1.67. The Kier molecular flexibility index (Phi) is 5.21. The number of carbonyl (C=O) groups excluding carboxylic acids is 1. The van der Waals surface area contributed by atoms with E-state index in [9.17, 15) is 9.90 Å². The SMILES string of the molecule is CCCC(=O)OCC[O]. The average molecular weight is 131 g/mol. The molecule has 0 fully saturated rings. The first-order valence-electron chi connectivity index (χ1n) is 3.05. The van der Waals surface area contributed by atoms with Gasteiger partial charge in [0.05, 0.1) is 0 Å². The van der Waals surface area contributed by atoms with E-state index in [4.69, 9.17) is 0 Å². The Hall–Kier alpha value is -0.570. The number of hydrogen-bond donors (Lipinski definition) is 0. The van der Waals surface area contributed by atoms with Crippen LogP contribution in [0.2, 0.25) is 0 Å². The molecule has 0 heterocycles. The van der Waals surface area contributed by atoms with Gasteiger partial charge in [-0.15, -0.1) is 0 Å². The minimum Gasteiger partial charge on any atom is -0.463 e. The summed E-state index contributed by atoms with van der Waals surface area (Å²) in [6, 6.07) is 0. The maximum absolute atomic E-state index is 10.4. The van der Waals surface area contributed by atoms with Crippen LogP contribution >= 0.6 is 0 Å². The molecule has 0 saturated carbocycles. The van der Waals surface area contributed by atoms with E-state index in [1.165, 1.54) is 0 Å². The van der Waals surface area contributed by atoms with Crippen LogP contribution in [0.5, 0.6) is 0 Å². The molecule has 9 heavy (non-hydrogen) atoms. The fourth-order valence-corrected chi connectivity index (χ4v) is 0.432.